The van der Waals surface area contributed by atoms with E-state index in [-0.39, 0.29) is 5.69 Å². The van der Waals surface area contributed by atoms with E-state index in [1.165, 1.54) is 0 Å². The fourth-order valence-electron chi connectivity index (χ4n) is 2.49. The molecule has 0 saturated carbocycles. The first-order valence-electron chi connectivity index (χ1n) is 7.62. The van der Waals surface area contributed by atoms with Crippen molar-refractivity contribution in [3.05, 3.63) is 80.3 Å². The summed E-state index contributed by atoms with van der Waals surface area (Å²) >= 11 is 0. The first kappa shape index (κ1) is 16.4. The standard InChI is InChI=1S/C18H16N4O3/c1-10-11(2)19-15(8-13(10)12-6-4-3-5-7-12)21-17(24)14-9-16(23)22-18(25)20-14/h3-9H,1-2H3,(H,19,21,24)(H2,20,22,23,25). The number of anilines is 1. The minimum atomic E-state index is -0.740. The molecule has 25 heavy (non-hydrogen) atoms. The van der Waals surface area contributed by atoms with Crippen molar-refractivity contribution in [3.8, 4) is 11.1 Å². The highest BCUT2D eigenvalue weighted by Gasteiger charge is 2.13. The molecule has 0 atom stereocenters. The van der Waals surface area contributed by atoms with E-state index in [2.05, 4.69) is 15.3 Å². The van der Waals surface area contributed by atoms with E-state index < -0.39 is 17.2 Å². The number of H-pyrrole nitrogens is 2. The van der Waals surface area contributed by atoms with Gasteiger partial charge in [0.2, 0.25) is 0 Å². The highest BCUT2D eigenvalue weighted by molar-refractivity contribution is 6.02. The number of amides is 1. The Morgan fingerprint density at radius 1 is 1.04 bits per heavy atom. The van der Waals surface area contributed by atoms with Gasteiger partial charge in [-0.3, -0.25) is 14.6 Å². The van der Waals surface area contributed by atoms with Gasteiger partial charge in [-0.25, -0.2) is 9.78 Å². The largest absolute Gasteiger partial charge is 0.326 e. The van der Waals surface area contributed by atoms with E-state index in [0.29, 0.717) is 5.82 Å². The van der Waals surface area contributed by atoms with Crippen molar-refractivity contribution in [1.29, 1.82) is 0 Å². The van der Waals surface area contributed by atoms with Crippen molar-refractivity contribution in [2.75, 3.05) is 5.32 Å². The Morgan fingerprint density at radius 2 is 1.76 bits per heavy atom. The first-order chi connectivity index (χ1) is 11.9. The van der Waals surface area contributed by atoms with Crippen molar-refractivity contribution in [2.24, 2.45) is 0 Å². The van der Waals surface area contributed by atoms with Crippen LogP contribution in [0.15, 0.2) is 52.1 Å². The van der Waals surface area contributed by atoms with Crippen LogP contribution in [-0.2, 0) is 0 Å². The van der Waals surface area contributed by atoms with Gasteiger partial charge in [0.05, 0.1) is 0 Å². The topological polar surface area (TPSA) is 108 Å². The van der Waals surface area contributed by atoms with E-state index in [0.717, 1.165) is 28.5 Å². The van der Waals surface area contributed by atoms with Crippen LogP contribution >= 0.6 is 0 Å². The van der Waals surface area contributed by atoms with Gasteiger partial charge in [-0.2, -0.15) is 0 Å². The van der Waals surface area contributed by atoms with Crippen molar-refractivity contribution in [3.63, 3.8) is 0 Å². The summed E-state index contributed by atoms with van der Waals surface area (Å²) in [6, 6.07) is 12.5. The van der Waals surface area contributed by atoms with Crippen LogP contribution in [0.3, 0.4) is 0 Å². The van der Waals surface area contributed by atoms with Crippen LogP contribution < -0.4 is 16.6 Å². The normalized spacial score (nSPS) is 10.5. The van der Waals surface area contributed by atoms with Crippen molar-refractivity contribution < 1.29 is 4.79 Å². The minimum absolute atomic E-state index is 0.130. The third-order valence-corrected chi connectivity index (χ3v) is 3.85. The monoisotopic (exact) mass is 336 g/mol. The fourth-order valence-corrected chi connectivity index (χ4v) is 2.49. The molecule has 7 heteroatoms. The second-order valence-corrected chi connectivity index (χ2v) is 5.59. The molecule has 3 aromatic rings. The number of nitrogens with one attached hydrogen (secondary N) is 3. The van der Waals surface area contributed by atoms with E-state index in [4.69, 9.17) is 0 Å². The number of nitrogens with zero attached hydrogens (tertiary/aromatic N) is 1. The van der Waals surface area contributed by atoms with Gasteiger partial charge in [0.25, 0.3) is 11.5 Å². The fraction of sp³-hybridized carbons (Fsp3) is 0.111. The molecule has 2 aromatic heterocycles. The smallest absolute Gasteiger partial charge is 0.305 e. The zero-order valence-corrected chi connectivity index (χ0v) is 13.7. The highest BCUT2D eigenvalue weighted by atomic mass is 16.2. The molecule has 0 spiro atoms. The highest BCUT2D eigenvalue weighted by Crippen LogP contribution is 2.27. The van der Waals surface area contributed by atoms with Crippen LogP contribution in [0.2, 0.25) is 0 Å². The van der Waals surface area contributed by atoms with E-state index in [1.54, 1.807) is 6.07 Å². The SMILES string of the molecule is Cc1nc(NC(=O)c2cc(=O)[nH]c(=O)[nH]2)cc(-c2ccccc2)c1C. The molecule has 7 nitrogen and oxygen atoms in total. The maximum atomic E-state index is 12.3. The summed E-state index contributed by atoms with van der Waals surface area (Å²) in [5.74, 6) is -0.272. The predicted molar refractivity (Wildman–Crippen MR) is 94.8 cm³/mol. The Balaban J connectivity index is 1.98. The van der Waals surface area contributed by atoms with Gasteiger partial charge < -0.3 is 10.3 Å². The number of aromatic amines is 2. The van der Waals surface area contributed by atoms with E-state index in [1.807, 2.05) is 49.2 Å². The number of hydrogen-bond acceptors (Lipinski definition) is 4. The van der Waals surface area contributed by atoms with Gasteiger partial charge in [0, 0.05) is 11.8 Å². The Bertz CT molecular complexity index is 1020. The molecule has 0 unspecified atom stereocenters. The Labute approximate surface area is 142 Å². The third-order valence-electron chi connectivity index (χ3n) is 3.85. The number of rotatable bonds is 3. The molecule has 1 aromatic carbocycles. The average Bonchev–Trinajstić information content (AvgIpc) is 2.58. The van der Waals surface area contributed by atoms with Crippen molar-refractivity contribution in [2.45, 2.75) is 13.8 Å². The molecule has 0 fully saturated rings. The van der Waals surface area contributed by atoms with Crippen LogP contribution in [0, 0.1) is 13.8 Å². The molecule has 0 aliphatic heterocycles. The summed E-state index contributed by atoms with van der Waals surface area (Å²) in [4.78, 5) is 43.6. The zero-order valence-electron chi connectivity index (χ0n) is 13.7. The van der Waals surface area contributed by atoms with Crippen LogP contribution in [0.4, 0.5) is 5.82 Å². The summed E-state index contributed by atoms with van der Waals surface area (Å²) in [5.41, 5.74) is 2.22. The van der Waals surface area contributed by atoms with Crippen LogP contribution in [0.25, 0.3) is 11.1 Å². The van der Waals surface area contributed by atoms with Gasteiger partial charge in [-0.1, -0.05) is 30.3 Å². The quantitative estimate of drug-likeness (QED) is 0.680. The average molecular weight is 336 g/mol. The van der Waals surface area contributed by atoms with E-state index in [9.17, 15) is 14.4 Å². The number of aryl methyl sites for hydroxylation is 1. The molecule has 0 radical (unpaired) electrons. The van der Waals surface area contributed by atoms with Crippen LogP contribution in [0.5, 0.6) is 0 Å². The first-order valence-corrected chi connectivity index (χ1v) is 7.62. The molecular weight excluding hydrogens is 320 g/mol. The summed E-state index contributed by atoms with van der Waals surface area (Å²) in [6.45, 7) is 3.82. The molecule has 3 N–H and O–H groups in total. The number of aromatic nitrogens is 3. The maximum Gasteiger partial charge on any atom is 0.326 e. The number of pyridine rings is 1. The molecule has 3 rings (SSSR count). The lowest BCUT2D eigenvalue weighted by Gasteiger charge is -2.12. The molecule has 0 bridgehead atoms. The number of carbonyl (C=O) groups excluding carboxylic acids is 1. The van der Waals surface area contributed by atoms with Crippen molar-refractivity contribution >= 4 is 11.7 Å². The van der Waals surface area contributed by atoms with Gasteiger partial charge in [-0.15, -0.1) is 0 Å². The second-order valence-electron chi connectivity index (χ2n) is 5.59. The van der Waals surface area contributed by atoms with E-state index >= 15 is 0 Å². The Hall–Kier alpha value is -3.48. The molecule has 1 amide bonds. The molecular formula is C18H16N4O3. The molecule has 2 heterocycles. The summed E-state index contributed by atoms with van der Waals surface area (Å²) in [6.07, 6.45) is 0. The van der Waals surface area contributed by atoms with Gasteiger partial charge >= 0.3 is 5.69 Å². The molecule has 126 valence electrons. The Kier molecular flexibility index (Phi) is 4.30. The Morgan fingerprint density at radius 3 is 2.44 bits per heavy atom. The lowest BCUT2D eigenvalue weighted by molar-refractivity contribution is 0.102. The number of carbonyl (C=O) groups is 1. The van der Waals surface area contributed by atoms with Crippen LogP contribution in [-0.4, -0.2) is 20.9 Å². The zero-order chi connectivity index (χ0) is 18.0. The predicted octanol–water partition coefficient (Wildman–Crippen LogP) is 1.99. The number of hydrogen-bond donors (Lipinski definition) is 3. The van der Waals surface area contributed by atoms with Gasteiger partial charge in [0.1, 0.15) is 11.5 Å². The maximum absolute atomic E-state index is 12.3. The van der Waals surface area contributed by atoms with Crippen molar-refractivity contribution in [1.82, 2.24) is 15.0 Å². The minimum Gasteiger partial charge on any atom is -0.305 e. The van der Waals surface area contributed by atoms with Crippen LogP contribution in [0.1, 0.15) is 21.7 Å². The molecule has 0 saturated heterocycles. The summed E-state index contributed by atoms with van der Waals surface area (Å²) in [7, 11) is 0. The second kappa shape index (κ2) is 6.56. The molecule has 0 aliphatic carbocycles. The summed E-state index contributed by atoms with van der Waals surface area (Å²) in [5, 5.41) is 2.62. The number of benzene rings is 1. The lowest BCUT2D eigenvalue weighted by atomic mass is 10.0. The lowest BCUT2D eigenvalue weighted by Crippen LogP contribution is -2.27. The summed E-state index contributed by atoms with van der Waals surface area (Å²) < 4.78 is 0. The third kappa shape index (κ3) is 3.55. The van der Waals surface area contributed by atoms with Gasteiger partial charge in [0.15, 0.2) is 0 Å². The van der Waals surface area contributed by atoms with Gasteiger partial charge in [-0.05, 0) is 36.6 Å². The molecule has 0 aliphatic rings.